The molecule has 2 aromatic rings. The van der Waals surface area contributed by atoms with Crippen LogP contribution in [-0.4, -0.2) is 30.8 Å². The second kappa shape index (κ2) is 6.88. The van der Waals surface area contributed by atoms with Gasteiger partial charge in [0, 0.05) is 10.7 Å². The number of aromatic nitrogens is 1. The zero-order valence-electron chi connectivity index (χ0n) is 11.9. The van der Waals surface area contributed by atoms with Gasteiger partial charge in [-0.2, -0.15) is 0 Å². The van der Waals surface area contributed by atoms with Crippen LogP contribution in [0.25, 0.3) is 0 Å². The lowest BCUT2D eigenvalue weighted by Gasteiger charge is -2.15. The van der Waals surface area contributed by atoms with E-state index in [1.807, 2.05) is 4.72 Å². The van der Waals surface area contributed by atoms with Crippen molar-refractivity contribution in [3.8, 4) is 5.75 Å². The van der Waals surface area contributed by atoms with E-state index < -0.39 is 33.0 Å². The summed E-state index contributed by atoms with van der Waals surface area (Å²) >= 11 is 2.97. The van der Waals surface area contributed by atoms with Crippen molar-refractivity contribution >= 4 is 37.6 Å². The summed E-state index contributed by atoms with van der Waals surface area (Å²) in [6.07, 6.45) is -3.10. The highest BCUT2D eigenvalue weighted by Gasteiger charge is 2.34. The van der Waals surface area contributed by atoms with Crippen molar-refractivity contribution in [2.75, 3.05) is 4.72 Å². The maximum atomic E-state index is 12.5. The van der Waals surface area contributed by atoms with E-state index in [0.29, 0.717) is 0 Å². The third-order valence-corrected chi connectivity index (χ3v) is 4.55. The van der Waals surface area contributed by atoms with Gasteiger partial charge >= 0.3 is 12.3 Å². The first kappa shape index (κ1) is 19.0. The normalized spacial score (nSPS) is 11.8. The quantitative estimate of drug-likeness (QED) is 0.738. The molecule has 2 rings (SSSR count). The van der Waals surface area contributed by atoms with Crippen LogP contribution in [0.5, 0.6) is 5.75 Å². The van der Waals surface area contributed by atoms with Crippen LogP contribution in [0.2, 0.25) is 0 Å². The average molecular weight is 441 g/mol. The minimum atomic E-state index is -5.09. The molecule has 0 atom stereocenters. The molecular formula is C13H8BrF3N2O5S. The summed E-state index contributed by atoms with van der Waals surface area (Å²) in [6, 6.07) is 3.89. The Morgan fingerprint density at radius 2 is 1.92 bits per heavy atom. The molecule has 25 heavy (non-hydrogen) atoms. The van der Waals surface area contributed by atoms with E-state index in [2.05, 4.69) is 25.7 Å². The standard InChI is InChI=1S/C13H8BrF3N2O5S/c14-8-1-2-10(24-13(15,16)17)11(4-8)25(22,23)19-9-3-7(12(20)21)5-18-6-9/h1-6,19H,(H,20,21). The summed E-state index contributed by atoms with van der Waals surface area (Å²) in [5.41, 5.74) is -0.543. The Bertz CT molecular complexity index is 918. The minimum Gasteiger partial charge on any atom is -0.478 e. The second-order valence-electron chi connectivity index (χ2n) is 4.51. The van der Waals surface area contributed by atoms with E-state index in [1.54, 1.807) is 0 Å². The first-order chi connectivity index (χ1) is 11.5. The zero-order chi connectivity index (χ0) is 18.8. The highest BCUT2D eigenvalue weighted by atomic mass is 79.9. The third kappa shape index (κ3) is 5.06. The van der Waals surface area contributed by atoms with Gasteiger partial charge in [0.25, 0.3) is 10.0 Å². The Balaban J connectivity index is 2.44. The molecule has 0 saturated carbocycles. The number of aromatic carboxylic acids is 1. The molecule has 0 fully saturated rings. The largest absolute Gasteiger partial charge is 0.573 e. The van der Waals surface area contributed by atoms with Crippen LogP contribution >= 0.6 is 15.9 Å². The van der Waals surface area contributed by atoms with E-state index in [4.69, 9.17) is 5.11 Å². The lowest BCUT2D eigenvalue weighted by molar-refractivity contribution is -0.275. The predicted molar refractivity (Wildman–Crippen MR) is 82.8 cm³/mol. The predicted octanol–water partition coefficient (Wildman–Crippen LogP) is 3.24. The Labute approximate surface area is 147 Å². The third-order valence-electron chi connectivity index (χ3n) is 2.66. The molecule has 134 valence electrons. The molecule has 12 heteroatoms. The molecule has 7 nitrogen and oxygen atoms in total. The van der Waals surface area contributed by atoms with Gasteiger partial charge < -0.3 is 9.84 Å². The molecule has 0 aliphatic rings. The molecule has 0 radical (unpaired) electrons. The molecule has 1 heterocycles. The molecule has 0 unspecified atom stereocenters. The van der Waals surface area contributed by atoms with Crippen LogP contribution < -0.4 is 9.46 Å². The van der Waals surface area contributed by atoms with Gasteiger partial charge in [-0.1, -0.05) is 15.9 Å². The lowest BCUT2D eigenvalue weighted by atomic mass is 10.3. The summed E-state index contributed by atoms with van der Waals surface area (Å²) in [7, 11) is -4.52. The Morgan fingerprint density at radius 3 is 2.52 bits per heavy atom. The maximum Gasteiger partial charge on any atom is 0.573 e. The maximum absolute atomic E-state index is 12.5. The summed E-state index contributed by atoms with van der Waals surface area (Å²) in [5.74, 6) is -2.29. The molecule has 2 N–H and O–H groups in total. The SMILES string of the molecule is O=C(O)c1cncc(NS(=O)(=O)c2cc(Br)ccc2OC(F)(F)F)c1. The first-order valence-electron chi connectivity index (χ1n) is 6.24. The van der Waals surface area contributed by atoms with Crippen molar-refractivity contribution in [2.24, 2.45) is 0 Å². The van der Waals surface area contributed by atoms with Gasteiger partial charge in [-0.25, -0.2) is 13.2 Å². The summed E-state index contributed by atoms with van der Waals surface area (Å²) in [6.45, 7) is 0. The van der Waals surface area contributed by atoms with Gasteiger partial charge in [-0.3, -0.25) is 9.71 Å². The molecule has 0 bridgehead atoms. The molecule has 1 aromatic carbocycles. The van der Waals surface area contributed by atoms with Crippen LogP contribution in [0.1, 0.15) is 10.4 Å². The van der Waals surface area contributed by atoms with Gasteiger partial charge in [0.05, 0.1) is 17.4 Å². The van der Waals surface area contributed by atoms with Gasteiger partial charge in [0.2, 0.25) is 0 Å². The number of benzene rings is 1. The van der Waals surface area contributed by atoms with Crippen LogP contribution in [0.3, 0.4) is 0 Å². The van der Waals surface area contributed by atoms with E-state index >= 15 is 0 Å². The van der Waals surface area contributed by atoms with Gasteiger partial charge in [0.1, 0.15) is 10.6 Å². The van der Waals surface area contributed by atoms with Crippen molar-refractivity contribution < 1.29 is 36.2 Å². The van der Waals surface area contributed by atoms with Crippen molar-refractivity contribution in [3.63, 3.8) is 0 Å². The lowest BCUT2D eigenvalue weighted by Crippen LogP contribution is -2.21. The van der Waals surface area contributed by atoms with Crippen molar-refractivity contribution in [2.45, 2.75) is 11.3 Å². The van der Waals surface area contributed by atoms with Crippen LogP contribution in [-0.2, 0) is 10.0 Å². The number of sulfonamides is 1. The van der Waals surface area contributed by atoms with E-state index in [1.165, 1.54) is 6.07 Å². The number of carbonyl (C=O) groups is 1. The van der Waals surface area contributed by atoms with Crippen LogP contribution in [0.4, 0.5) is 18.9 Å². The number of halogens is 4. The minimum absolute atomic E-state index is 0.194. The van der Waals surface area contributed by atoms with Crippen molar-refractivity contribution in [1.82, 2.24) is 4.98 Å². The number of alkyl halides is 3. The number of anilines is 1. The monoisotopic (exact) mass is 440 g/mol. The Kier molecular flexibility index (Phi) is 5.23. The summed E-state index contributed by atoms with van der Waals surface area (Å²) in [4.78, 5) is 13.6. The van der Waals surface area contributed by atoms with E-state index in [9.17, 15) is 26.4 Å². The fourth-order valence-electron chi connectivity index (χ4n) is 1.72. The fraction of sp³-hybridized carbons (Fsp3) is 0.0769. The Hall–Kier alpha value is -2.34. The Morgan fingerprint density at radius 1 is 1.24 bits per heavy atom. The molecule has 0 aliphatic carbocycles. The van der Waals surface area contributed by atoms with Gasteiger partial charge in [-0.15, -0.1) is 13.2 Å². The summed E-state index contributed by atoms with van der Waals surface area (Å²) < 4.78 is 68.0. The van der Waals surface area contributed by atoms with Crippen LogP contribution in [0, 0.1) is 0 Å². The second-order valence-corrected chi connectivity index (χ2v) is 7.08. The number of hydrogen-bond donors (Lipinski definition) is 2. The number of carboxylic acids is 1. The molecular weight excluding hydrogens is 433 g/mol. The molecule has 0 saturated heterocycles. The van der Waals surface area contributed by atoms with E-state index in [0.717, 1.165) is 30.6 Å². The highest BCUT2D eigenvalue weighted by Crippen LogP contribution is 2.33. The molecule has 0 spiro atoms. The summed E-state index contributed by atoms with van der Waals surface area (Å²) in [5, 5.41) is 8.86. The van der Waals surface area contributed by atoms with Crippen molar-refractivity contribution in [3.05, 3.63) is 46.7 Å². The van der Waals surface area contributed by atoms with Gasteiger partial charge in [0.15, 0.2) is 0 Å². The number of ether oxygens (including phenoxy) is 1. The topological polar surface area (TPSA) is 106 Å². The van der Waals surface area contributed by atoms with Gasteiger partial charge in [-0.05, 0) is 24.3 Å². The van der Waals surface area contributed by atoms with Crippen LogP contribution in [0.15, 0.2) is 46.0 Å². The number of carboxylic acid groups (broad SMARTS) is 1. The average Bonchev–Trinajstić information content (AvgIpc) is 2.47. The zero-order valence-corrected chi connectivity index (χ0v) is 14.3. The van der Waals surface area contributed by atoms with Crippen molar-refractivity contribution in [1.29, 1.82) is 0 Å². The smallest absolute Gasteiger partial charge is 0.478 e. The number of nitrogens with zero attached hydrogens (tertiary/aromatic N) is 1. The number of nitrogens with one attached hydrogen (secondary N) is 1. The number of rotatable bonds is 5. The fourth-order valence-corrected chi connectivity index (χ4v) is 3.42. The first-order valence-corrected chi connectivity index (χ1v) is 8.52. The number of pyridine rings is 1. The highest BCUT2D eigenvalue weighted by molar-refractivity contribution is 9.10. The molecule has 1 aromatic heterocycles. The molecule has 0 amide bonds. The number of hydrogen-bond acceptors (Lipinski definition) is 5. The molecule has 0 aliphatic heterocycles. The van der Waals surface area contributed by atoms with E-state index in [-0.39, 0.29) is 15.7 Å².